The van der Waals surface area contributed by atoms with Crippen LogP contribution in [0, 0.1) is 0 Å². The molecule has 0 aromatic rings. The number of carbonyl (C=O) groups is 1. The molecule has 1 amide bonds. The fourth-order valence-corrected chi connectivity index (χ4v) is 1.99. The van der Waals surface area contributed by atoms with E-state index in [4.69, 9.17) is 9.84 Å². The van der Waals surface area contributed by atoms with Gasteiger partial charge in [0.1, 0.15) is 0 Å². The Balaban J connectivity index is 2.57. The molecule has 3 unspecified atom stereocenters. The number of nitrogens with zero attached hydrogens (tertiary/aromatic N) is 1. The van der Waals surface area contributed by atoms with Crippen LogP contribution in [0.5, 0.6) is 0 Å². The maximum absolute atomic E-state index is 11.9. The van der Waals surface area contributed by atoms with Crippen LogP contribution in [0.25, 0.3) is 0 Å². The summed E-state index contributed by atoms with van der Waals surface area (Å²) in [5.41, 5.74) is 0. The quantitative estimate of drug-likeness (QED) is 0.777. The first kappa shape index (κ1) is 12.9. The molecule has 0 aliphatic carbocycles. The Morgan fingerprint density at radius 2 is 2.33 bits per heavy atom. The number of morpholine rings is 1. The second kappa shape index (κ2) is 5.82. The van der Waals surface area contributed by atoms with Crippen LogP contribution in [0.3, 0.4) is 0 Å². The van der Waals surface area contributed by atoms with E-state index in [0.717, 1.165) is 6.42 Å². The van der Waals surface area contributed by atoms with Gasteiger partial charge in [0, 0.05) is 13.1 Å². The van der Waals surface area contributed by atoms with Crippen LogP contribution >= 0.6 is 15.9 Å². The van der Waals surface area contributed by atoms with Crippen molar-refractivity contribution in [3.8, 4) is 0 Å². The van der Waals surface area contributed by atoms with E-state index in [1.165, 1.54) is 0 Å². The summed E-state index contributed by atoms with van der Waals surface area (Å²) in [7, 11) is 0. The first-order valence-corrected chi connectivity index (χ1v) is 6.19. The van der Waals surface area contributed by atoms with Gasteiger partial charge >= 0.3 is 0 Å². The smallest absolute Gasteiger partial charge is 0.236 e. The lowest BCUT2D eigenvalue weighted by Crippen LogP contribution is -2.52. The number of ether oxygens (including phenoxy) is 1. The van der Waals surface area contributed by atoms with Gasteiger partial charge in [-0.25, -0.2) is 0 Å². The Labute approximate surface area is 98.7 Å². The highest BCUT2D eigenvalue weighted by Gasteiger charge is 2.30. The average molecular weight is 280 g/mol. The third-order valence-corrected chi connectivity index (χ3v) is 3.51. The lowest BCUT2D eigenvalue weighted by atomic mass is 10.2. The van der Waals surface area contributed by atoms with E-state index < -0.39 is 0 Å². The molecule has 1 saturated heterocycles. The van der Waals surface area contributed by atoms with Gasteiger partial charge in [-0.15, -0.1) is 0 Å². The largest absolute Gasteiger partial charge is 0.394 e. The summed E-state index contributed by atoms with van der Waals surface area (Å²) in [6.45, 7) is 4.94. The highest BCUT2D eigenvalue weighted by Crippen LogP contribution is 2.15. The zero-order chi connectivity index (χ0) is 11.4. The SMILES string of the molecule is CCC(Br)C(=O)N1CC(C)OC(CO)C1. The number of aliphatic hydroxyl groups excluding tert-OH is 1. The van der Waals surface area contributed by atoms with Gasteiger partial charge in [-0.2, -0.15) is 0 Å². The van der Waals surface area contributed by atoms with E-state index >= 15 is 0 Å². The highest BCUT2D eigenvalue weighted by atomic mass is 79.9. The number of hydrogen-bond acceptors (Lipinski definition) is 3. The van der Waals surface area contributed by atoms with E-state index in [2.05, 4.69) is 15.9 Å². The van der Waals surface area contributed by atoms with Crippen LogP contribution in [0.1, 0.15) is 20.3 Å². The zero-order valence-corrected chi connectivity index (χ0v) is 10.7. The maximum atomic E-state index is 11.9. The second-order valence-electron chi connectivity index (χ2n) is 3.87. The van der Waals surface area contributed by atoms with Gasteiger partial charge < -0.3 is 14.7 Å². The van der Waals surface area contributed by atoms with Crippen LogP contribution in [0.15, 0.2) is 0 Å². The lowest BCUT2D eigenvalue weighted by Gasteiger charge is -2.36. The van der Waals surface area contributed by atoms with Gasteiger partial charge in [0.25, 0.3) is 0 Å². The van der Waals surface area contributed by atoms with Gasteiger partial charge in [0.05, 0.1) is 23.6 Å². The molecule has 0 saturated carbocycles. The number of halogens is 1. The molecule has 1 aliphatic rings. The molecule has 15 heavy (non-hydrogen) atoms. The van der Waals surface area contributed by atoms with Crippen molar-refractivity contribution in [1.82, 2.24) is 4.90 Å². The van der Waals surface area contributed by atoms with Gasteiger partial charge in [-0.3, -0.25) is 4.79 Å². The Morgan fingerprint density at radius 1 is 1.67 bits per heavy atom. The summed E-state index contributed by atoms with van der Waals surface area (Å²) in [6, 6.07) is 0. The van der Waals surface area contributed by atoms with E-state index in [0.29, 0.717) is 13.1 Å². The minimum atomic E-state index is -0.241. The predicted molar refractivity (Wildman–Crippen MR) is 61.0 cm³/mol. The zero-order valence-electron chi connectivity index (χ0n) is 9.15. The van der Waals surface area contributed by atoms with Gasteiger partial charge in [-0.1, -0.05) is 22.9 Å². The minimum Gasteiger partial charge on any atom is -0.394 e. The summed E-state index contributed by atoms with van der Waals surface area (Å²) < 4.78 is 5.47. The number of aliphatic hydroxyl groups is 1. The molecule has 1 fully saturated rings. The molecule has 1 aliphatic heterocycles. The normalized spacial score (nSPS) is 28.9. The van der Waals surface area contributed by atoms with Crippen molar-refractivity contribution < 1.29 is 14.6 Å². The molecule has 0 aromatic heterocycles. The van der Waals surface area contributed by atoms with Crippen LogP contribution in [0.2, 0.25) is 0 Å². The summed E-state index contributed by atoms with van der Waals surface area (Å²) in [6.07, 6.45) is 0.527. The third-order valence-electron chi connectivity index (χ3n) is 2.47. The van der Waals surface area contributed by atoms with Crippen molar-refractivity contribution in [1.29, 1.82) is 0 Å². The number of amides is 1. The summed E-state index contributed by atoms with van der Waals surface area (Å²) >= 11 is 3.34. The first-order valence-electron chi connectivity index (χ1n) is 5.27. The van der Waals surface area contributed by atoms with Crippen molar-refractivity contribution in [3.05, 3.63) is 0 Å². The summed E-state index contributed by atoms with van der Waals surface area (Å²) in [5.74, 6) is 0.0890. The molecule has 0 aromatic carbocycles. The molecule has 0 spiro atoms. The van der Waals surface area contributed by atoms with Crippen molar-refractivity contribution in [2.24, 2.45) is 0 Å². The van der Waals surface area contributed by atoms with Gasteiger partial charge in [0.2, 0.25) is 5.91 Å². The molecule has 1 N–H and O–H groups in total. The molecule has 1 heterocycles. The third kappa shape index (κ3) is 3.43. The number of carbonyl (C=O) groups excluding carboxylic acids is 1. The van der Waals surface area contributed by atoms with E-state index in [1.54, 1.807) is 4.90 Å². The molecule has 1 rings (SSSR count). The molecular formula is C10H18BrNO3. The monoisotopic (exact) mass is 279 g/mol. The fourth-order valence-electron chi connectivity index (χ4n) is 1.70. The van der Waals surface area contributed by atoms with Crippen molar-refractivity contribution >= 4 is 21.8 Å². The van der Waals surface area contributed by atoms with E-state index in [-0.39, 0.29) is 29.5 Å². The molecule has 5 heteroatoms. The number of rotatable bonds is 3. The number of hydrogen-bond donors (Lipinski definition) is 1. The molecular weight excluding hydrogens is 262 g/mol. The topological polar surface area (TPSA) is 49.8 Å². The Morgan fingerprint density at radius 3 is 2.87 bits per heavy atom. The van der Waals surface area contributed by atoms with E-state index in [9.17, 15) is 4.79 Å². The van der Waals surface area contributed by atoms with Crippen molar-refractivity contribution in [3.63, 3.8) is 0 Å². The van der Waals surface area contributed by atoms with Crippen molar-refractivity contribution in [2.75, 3.05) is 19.7 Å². The van der Waals surface area contributed by atoms with Crippen LogP contribution in [-0.2, 0) is 9.53 Å². The summed E-state index contributed by atoms with van der Waals surface area (Å²) in [4.78, 5) is 13.5. The van der Waals surface area contributed by atoms with Gasteiger partial charge in [-0.05, 0) is 13.3 Å². The standard InChI is InChI=1S/C10H18BrNO3/c1-3-9(11)10(14)12-4-7(2)15-8(5-12)6-13/h7-9,13H,3-6H2,1-2H3. The van der Waals surface area contributed by atoms with Crippen LogP contribution < -0.4 is 0 Å². The average Bonchev–Trinajstić information content (AvgIpc) is 2.26. The second-order valence-corrected chi connectivity index (χ2v) is 4.98. The van der Waals surface area contributed by atoms with Crippen molar-refractivity contribution in [2.45, 2.75) is 37.3 Å². The Kier molecular flexibility index (Phi) is 5.02. The summed E-state index contributed by atoms with van der Waals surface area (Å²) in [5, 5.41) is 9.03. The molecule has 88 valence electrons. The molecule has 0 radical (unpaired) electrons. The molecule has 3 atom stereocenters. The highest BCUT2D eigenvalue weighted by molar-refractivity contribution is 9.10. The predicted octanol–water partition coefficient (Wildman–Crippen LogP) is 0.768. The van der Waals surface area contributed by atoms with Crippen LogP contribution in [0.4, 0.5) is 0 Å². The first-order chi connectivity index (χ1) is 7.08. The minimum absolute atomic E-state index is 0.00333. The van der Waals surface area contributed by atoms with Gasteiger partial charge in [0.15, 0.2) is 0 Å². The fraction of sp³-hybridized carbons (Fsp3) is 0.900. The maximum Gasteiger partial charge on any atom is 0.236 e. The van der Waals surface area contributed by atoms with Crippen LogP contribution in [-0.4, -0.2) is 52.6 Å². The lowest BCUT2D eigenvalue weighted by molar-refractivity contribution is -0.146. The van der Waals surface area contributed by atoms with E-state index in [1.807, 2.05) is 13.8 Å². The Hall–Kier alpha value is -0.130. The Bertz CT molecular complexity index is 225. The number of alkyl halides is 1. The molecule has 4 nitrogen and oxygen atoms in total. The molecule has 0 bridgehead atoms.